The van der Waals surface area contributed by atoms with E-state index in [4.69, 9.17) is 0 Å². The Bertz CT molecular complexity index is 738. The Labute approximate surface area is 154 Å². The Morgan fingerprint density at radius 1 is 1.04 bits per heavy atom. The summed E-state index contributed by atoms with van der Waals surface area (Å²) in [4.78, 5) is 23.8. The lowest BCUT2D eigenvalue weighted by Crippen LogP contribution is -2.18. The molecule has 2 rings (SSSR count). The van der Waals surface area contributed by atoms with Gasteiger partial charge in [0.1, 0.15) is 0 Å². The first kappa shape index (κ1) is 19.4. The van der Waals surface area contributed by atoms with Crippen molar-refractivity contribution in [1.29, 1.82) is 0 Å². The van der Waals surface area contributed by atoms with Gasteiger partial charge in [0.15, 0.2) is 0 Å². The van der Waals surface area contributed by atoms with Crippen molar-refractivity contribution in [1.82, 2.24) is 5.43 Å². The summed E-state index contributed by atoms with van der Waals surface area (Å²) in [6.07, 6.45) is 3.81. The molecule has 0 aliphatic heterocycles. The van der Waals surface area contributed by atoms with E-state index in [2.05, 4.69) is 28.0 Å². The van der Waals surface area contributed by atoms with Gasteiger partial charge in [0.05, 0.1) is 0 Å². The first-order valence-electron chi connectivity index (χ1n) is 8.80. The Balaban J connectivity index is 1.76. The van der Waals surface area contributed by atoms with Gasteiger partial charge in [-0.05, 0) is 48.6 Å². The second-order valence-electron chi connectivity index (χ2n) is 6.50. The number of hydrazone groups is 1. The molecule has 5 nitrogen and oxygen atoms in total. The van der Waals surface area contributed by atoms with Crippen molar-refractivity contribution < 1.29 is 9.59 Å². The lowest BCUT2D eigenvalue weighted by atomic mass is 10.1. The average Bonchev–Trinajstić information content (AvgIpc) is 2.62. The van der Waals surface area contributed by atoms with E-state index in [1.165, 1.54) is 5.56 Å². The fraction of sp³-hybridized carbons (Fsp3) is 0.286. The first-order valence-corrected chi connectivity index (χ1v) is 8.80. The molecule has 2 aromatic carbocycles. The standard InChI is InChI=1S/C21H25N3O2/c1-16(2)15-20(25)23-19-12-10-18(11-13-19)21(26)24-22-14-6-9-17-7-4-3-5-8-17/h3-5,7-8,10-14,16H,6,9,15H2,1-2H3,(H,23,25)(H,24,26). The molecular weight excluding hydrogens is 326 g/mol. The fourth-order valence-corrected chi connectivity index (χ4v) is 2.40. The van der Waals surface area contributed by atoms with Crippen molar-refractivity contribution >= 4 is 23.7 Å². The van der Waals surface area contributed by atoms with Crippen LogP contribution in [0.4, 0.5) is 5.69 Å². The van der Waals surface area contributed by atoms with E-state index in [9.17, 15) is 9.59 Å². The average molecular weight is 351 g/mol. The normalized spacial score (nSPS) is 10.9. The van der Waals surface area contributed by atoms with E-state index in [1.807, 2.05) is 32.0 Å². The minimum atomic E-state index is -0.277. The molecule has 5 heteroatoms. The van der Waals surface area contributed by atoms with Gasteiger partial charge in [0.2, 0.25) is 5.91 Å². The molecule has 0 fully saturated rings. The highest BCUT2D eigenvalue weighted by molar-refractivity contribution is 5.95. The molecule has 0 aliphatic carbocycles. The van der Waals surface area contributed by atoms with Crippen molar-refractivity contribution in [2.75, 3.05) is 5.32 Å². The van der Waals surface area contributed by atoms with E-state index in [0.29, 0.717) is 23.6 Å². The second kappa shape index (κ2) is 10.1. The maximum Gasteiger partial charge on any atom is 0.271 e. The third-order valence-corrected chi connectivity index (χ3v) is 3.69. The van der Waals surface area contributed by atoms with Gasteiger partial charge in [0.25, 0.3) is 5.91 Å². The van der Waals surface area contributed by atoms with Crippen LogP contribution in [0.15, 0.2) is 59.7 Å². The molecule has 0 saturated heterocycles. The van der Waals surface area contributed by atoms with Crippen molar-refractivity contribution in [2.45, 2.75) is 33.1 Å². The summed E-state index contributed by atoms with van der Waals surface area (Å²) in [6, 6.07) is 16.9. The number of amides is 2. The van der Waals surface area contributed by atoms with Gasteiger partial charge in [-0.3, -0.25) is 9.59 Å². The third kappa shape index (κ3) is 6.89. The molecule has 0 atom stereocenters. The molecule has 0 spiro atoms. The van der Waals surface area contributed by atoms with E-state index < -0.39 is 0 Å². The third-order valence-electron chi connectivity index (χ3n) is 3.69. The molecule has 0 bridgehead atoms. The van der Waals surface area contributed by atoms with Crippen LogP contribution in [0, 0.1) is 5.92 Å². The SMILES string of the molecule is CC(C)CC(=O)Nc1ccc(C(=O)NN=CCCc2ccccc2)cc1. The quantitative estimate of drug-likeness (QED) is 0.557. The van der Waals surface area contributed by atoms with Crippen LogP contribution in [0.25, 0.3) is 0 Å². The van der Waals surface area contributed by atoms with Crippen LogP contribution < -0.4 is 10.7 Å². The number of hydrogen-bond acceptors (Lipinski definition) is 3. The van der Waals surface area contributed by atoms with Crippen LogP contribution in [0.1, 0.15) is 42.6 Å². The molecule has 0 unspecified atom stereocenters. The summed E-state index contributed by atoms with van der Waals surface area (Å²) in [7, 11) is 0. The molecule has 26 heavy (non-hydrogen) atoms. The van der Waals surface area contributed by atoms with Crippen LogP contribution in [0.3, 0.4) is 0 Å². The highest BCUT2D eigenvalue weighted by atomic mass is 16.2. The Morgan fingerprint density at radius 2 is 1.73 bits per heavy atom. The second-order valence-corrected chi connectivity index (χ2v) is 6.50. The maximum absolute atomic E-state index is 12.0. The number of rotatable bonds is 8. The molecule has 0 aromatic heterocycles. The van der Waals surface area contributed by atoms with Crippen LogP contribution in [0.2, 0.25) is 0 Å². The van der Waals surface area contributed by atoms with Gasteiger partial charge in [-0.2, -0.15) is 5.10 Å². The summed E-state index contributed by atoms with van der Waals surface area (Å²) >= 11 is 0. The van der Waals surface area contributed by atoms with E-state index in [-0.39, 0.29) is 11.8 Å². The van der Waals surface area contributed by atoms with Gasteiger partial charge in [-0.1, -0.05) is 44.2 Å². The summed E-state index contributed by atoms with van der Waals surface area (Å²) < 4.78 is 0. The summed E-state index contributed by atoms with van der Waals surface area (Å²) in [5.74, 6) is 0.000962. The maximum atomic E-state index is 12.0. The minimum Gasteiger partial charge on any atom is -0.326 e. The van der Waals surface area contributed by atoms with Crippen LogP contribution in [0.5, 0.6) is 0 Å². The molecule has 0 radical (unpaired) electrons. The number of carbonyl (C=O) groups is 2. The van der Waals surface area contributed by atoms with Gasteiger partial charge < -0.3 is 5.32 Å². The first-order chi connectivity index (χ1) is 12.5. The van der Waals surface area contributed by atoms with E-state index in [0.717, 1.165) is 12.8 Å². The molecule has 136 valence electrons. The van der Waals surface area contributed by atoms with Gasteiger partial charge >= 0.3 is 0 Å². The minimum absolute atomic E-state index is 0.0276. The predicted molar refractivity (Wildman–Crippen MR) is 105 cm³/mol. The highest BCUT2D eigenvalue weighted by Crippen LogP contribution is 2.11. The van der Waals surface area contributed by atoms with Gasteiger partial charge in [-0.25, -0.2) is 5.43 Å². The zero-order valence-electron chi connectivity index (χ0n) is 15.2. The number of benzene rings is 2. The van der Waals surface area contributed by atoms with E-state index >= 15 is 0 Å². The molecule has 2 aromatic rings. The van der Waals surface area contributed by atoms with Gasteiger partial charge in [0, 0.05) is 23.9 Å². The smallest absolute Gasteiger partial charge is 0.271 e. The Hall–Kier alpha value is -2.95. The molecular formula is C21H25N3O2. The number of hydrogen-bond donors (Lipinski definition) is 2. The number of aryl methyl sites for hydroxylation is 1. The molecule has 0 saturated carbocycles. The lowest BCUT2D eigenvalue weighted by molar-refractivity contribution is -0.116. The van der Waals surface area contributed by atoms with Crippen LogP contribution >= 0.6 is 0 Å². The lowest BCUT2D eigenvalue weighted by Gasteiger charge is -2.07. The predicted octanol–water partition coefficient (Wildman–Crippen LogP) is 4.02. The number of carbonyl (C=O) groups excluding carboxylic acids is 2. The summed E-state index contributed by atoms with van der Waals surface area (Å²) in [5, 5.41) is 6.79. The van der Waals surface area contributed by atoms with Crippen molar-refractivity contribution in [2.24, 2.45) is 11.0 Å². The number of nitrogens with zero attached hydrogens (tertiary/aromatic N) is 1. The van der Waals surface area contributed by atoms with Crippen molar-refractivity contribution in [3.8, 4) is 0 Å². The van der Waals surface area contributed by atoms with Crippen molar-refractivity contribution in [3.63, 3.8) is 0 Å². The largest absolute Gasteiger partial charge is 0.326 e. The van der Waals surface area contributed by atoms with Gasteiger partial charge in [-0.15, -0.1) is 0 Å². The zero-order chi connectivity index (χ0) is 18.8. The Morgan fingerprint density at radius 3 is 2.38 bits per heavy atom. The molecule has 2 amide bonds. The molecule has 0 aliphatic rings. The van der Waals surface area contributed by atoms with Crippen LogP contribution in [-0.2, 0) is 11.2 Å². The fourth-order valence-electron chi connectivity index (χ4n) is 2.40. The van der Waals surface area contributed by atoms with E-state index in [1.54, 1.807) is 30.5 Å². The molecule has 2 N–H and O–H groups in total. The molecule has 0 heterocycles. The number of anilines is 1. The topological polar surface area (TPSA) is 70.6 Å². The monoisotopic (exact) mass is 351 g/mol. The summed E-state index contributed by atoms with van der Waals surface area (Å²) in [6.45, 7) is 3.99. The zero-order valence-corrected chi connectivity index (χ0v) is 15.2. The van der Waals surface area contributed by atoms with Crippen LogP contribution in [-0.4, -0.2) is 18.0 Å². The summed E-state index contributed by atoms with van der Waals surface area (Å²) in [5.41, 5.74) is 4.92. The van der Waals surface area contributed by atoms with Crippen molar-refractivity contribution in [3.05, 3.63) is 65.7 Å². The highest BCUT2D eigenvalue weighted by Gasteiger charge is 2.07. The number of nitrogens with one attached hydrogen (secondary N) is 2. The Kier molecular flexibility index (Phi) is 7.55.